The molecule has 134 valence electrons. The Morgan fingerprint density at radius 1 is 1.36 bits per heavy atom. The first-order valence-corrected chi connectivity index (χ1v) is 8.04. The summed E-state index contributed by atoms with van der Waals surface area (Å²) in [7, 11) is 3.39. The Labute approximate surface area is 145 Å². The number of likely N-dealkylation sites (N-methyl/N-ethyl adjacent to an activating group) is 1. The van der Waals surface area contributed by atoms with E-state index < -0.39 is 5.82 Å². The number of halogens is 1. The maximum absolute atomic E-state index is 13.1. The molecule has 25 heavy (non-hydrogen) atoms. The summed E-state index contributed by atoms with van der Waals surface area (Å²) in [6.07, 6.45) is 4.06. The molecule has 2 aromatic rings. The van der Waals surface area contributed by atoms with Crippen molar-refractivity contribution >= 4 is 11.9 Å². The SMILES string of the molecule is CN(C)C(=O)COCC1CN(c2ncc(F)cn2)Cc2ccnn2C1. The molecule has 0 aromatic carbocycles. The van der Waals surface area contributed by atoms with Crippen LogP contribution < -0.4 is 4.90 Å². The molecule has 0 aliphatic carbocycles. The minimum atomic E-state index is -0.467. The molecule has 1 aliphatic heterocycles. The van der Waals surface area contributed by atoms with Gasteiger partial charge in [-0.25, -0.2) is 14.4 Å². The van der Waals surface area contributed by atoms with Crippen LogP contribution in [0.1, 0.15) is 5.69 Å². The number of hydrogen-bond acceptors (Lipinski definition) is 6. The second-order valence-electron chi connectivity index (χ2n) is 6.26. The minimum Gasteiger partial charge on any atom is -0.371 e. The van der Waals surface area contributed by atoms with Gasteiger partial charge in [0.1, 0.15) is 6.61 Å². The number of nitrogens with zero attached hydrogens (tertiary/aromatic N) is 6. The van der Waals surface area contributed by atoms with E-state index in [0.29, 0.717) is 32.2 Å². The number of rotatable bonds is 5. The molecule has 1 aliphatic rings. The van der Waals surface area contributed by atoms with Crippen LogP contribution in [0.15, 0.2) is 24.7 Å². The largest absolute Gasteiger partial charge is 0.371 e. The number of aromatic nitrogens is 4. The van der Waals surface area contributed by atoms with Crippen LogP contribution >= 0.6 is 0 Å². The molecule has 0 N–H and O–H groups in total. The van der Waals surface area contributed by atoms with Gasteiger partial charge in [0.2, 0.25) is 11.9 Å². The smallest absolute Gasteiger partial charge is 0.248 e. The van der Waals surface area contributed by atoms with Gasteiger partial charge in [-0.15, -0.1) is 0 Å². The lowest BCUT2D eigenvalue weighted by molar-refractivity contribution is -0.134. The normalized spacial score (nSPS) is 17.1. The summed E-state index contributed by atoms with van der Waals surface area (Å²) in [5.74, 6) is 0.0213. The summed E-state index contributed by atoms with van der Waals surface area (Å²) in [5.41, 5.74) is 1.03. The summed E-state index contributed by atoms with van der Waals surface area (Å²) in [5, 5.41) is 4.34. The third-order valence-corrected chi connectivity index (χ3v) is 4.03. The molecule has 0 bridgehead atoms. The zero-order valence-corrected chi connectivity index (χ0v) is 14.3. The Hall–Kier alpha value is -2.55. The number of ether oxygens (including phenoxy) is 1. The zero-order chi connectivity index (χ0) is 17.8. The van der Waals surface area contributed by atoms with Crippen LogP contribution in [0.2, 0.25) is 0 Å². The molecule has 0 spiro atoms. The molecular formula is C16H21FN6O2. The zero-order valence-electron chi connectivity index (χ0n) is 14.3. The van der Waals surface area contributed by atoms with Crippen LogP contribution in [0.3, 0.4) is 0 Å². The predicted molar refractivity (Wildman–Crippen MR) is 88.3 cm³/mol. The van der Waals surface area contributed by atoms with E-state index in [2.05, 4.69) is 15.1 Å². The Kier molecular flexibility index (Phi) is 5.22. The number of carbonyl (C=O) groups is 1. The van der Waals surface area contributed by atoms with E-state index in [0.717, 1.165) is 18.1 Å². The second kappa shape index (κ2) is 7.56. The number of amides is 1. The highest BCUT2D eigenvalue weighted by Crippen LogP contribution is 2.20. The van der Waals surface area contributed by atoms with Gasteiger partial charge in [0.15, 0.2) is 5.82 Å². The fourth-order valence-corrected chi connectivity index (χ4v) is 2.70. The number of carbonyl (C=O) groups excluding carboxylic acids is 1. The lowest BCUT2D eigenvalue weighted by atomic mass is 10.1. The summed E-state index contributed by atoms with van der Waals surface area (Å²) in [6, 6.07) is 1.94. The third-order valence-electron chi connectivity index (χ3n) is 4.03. The van der Waals surface area contributed by atoms with E-state index in [4.69, 9.17) is 4.74 Å². The van der Waals surface area contributed by atoms with E-state index in [1.165, 1.54) is 4.90 Å². The van der Waals surface area contributed by atoms with Crippen LogP contribution in [0.25, 0.3) is 0 Å². The number of anilines is 1. The van der Waals surface area contributed by atoms with Gasteiger partial charge in [0.25, 0.3) is 0 Å². The number of hydrogen-bond donors (Lipinski definition) is 0. The van der Waals surface area contributed by atoms with Gasteiger partial charge in [0.05, 0.1) is 31.2 Å². The molecule has 0 saturated heterocycles. The van der Waals surface area contributed by atoms with E-state index in [9.17, 15) is 9.18 Å². The first kappa shape index (κ1) is 17.3. The third kappa shape index (κ3) is 4.30. The van der Waals surface area contributed by atoms with Crippen molar-refractivity contribution in [2.75, 3.05) is 38.8 Å². The lowest BCUT2D eigenvalue weighted by Gasteiger charge is -2.24. The predicted octanol–water partition coefficient (Wildman–Crippen LogP) is 0.553. The summed E-state index contributed by atoms with van der Waals surface area (Å²) in [4.78, 5) is 23.3. The second-order valence-corrected chi connectivity index (χ2v) is 6.26. The average Bonchev–Trinajstić information content (AvgIpc) is 2.94. The van der Waals surface area contributed by atoms with Crippen molar-refractivity contribution in [3.05, 3.63) is 36.2 Å². The molecule has 0 fully saturated rings. The van der Waals surface area contributed by atoms with Crippen molar-refractivity contribution in [1.82, 2.24) is 24.6 Å². The van der Waals surface area contributed by atoms with Gasteiger partial charge in [0, 0.05) is 39.3 Å². The molecule has 3 heterocycles. The molecular weight excluding hydrogens is 327 g/mol. The average molecular weight is 348 g/mol. The standard InChI is InChI=1S/C16H21FN6O2/c1-21(2)15(24)11-25-10-12-7-22(16-18-5-13(17)6-19-16)9-14-3-4-20-23(14)8-12/h3-6,12H,7-11H2,1-2H3. The fourth-order valence-electron chi connectivity index (χ4n) is 2.70. The van der Waals surface area contributed by atoms with Gasteiger partial charge < -0.3 is 14.5 Å². The monoisotopic (exact) mass is 348 g/mol. The molecule has 1 amide bonds. The summed E-state index contributed by atoms with van der Waals surface area (Å²) >= 11 is 0. The Morgan fingerprint density at radius 3 is 2.84 bits per heavy atom. The van der Waals surface area contributed by atoms with Crippen molar-refractivity contribution in [3.63, 3.8) is 0 Å². The highest BCUT2D eigenvalue weighted by molar-refractivity contribution is 5.76. The molecule has 8 nitrogen and oxygen atoms in total. The van der Waals surface area contributed by atoms with Gasteiger partial charge in [-0.2, -0.15) is 5.10 Å². The molecule has 3 rings (SSSR count). The molecule has 1 unspecified atom stereocenters. The first-order valence-electron chi connectivity index (χ1n) is 8.04. The fraction of sp³-hybridized carbons (Fsp3) is 0.500. The molecule has 1 atom stereocenters. The van der Waals surface area contributed by atoms with Crippen LogP contribution in [0.5, 0.6) is 0 Å². The van der Waals surface area contributed by atoms with Gasteiger partial charge in [-0.1, -0.05) is 0 Å². The van der Waals surface area contributed by atoms with Crippen LogP contribution in [0.4, 0.5) is 10.3 Å². The maximum Gasteiger partial charge on any atom is 0.248 e. The minimum absolute atomic E-state index is 0.0442. The summed E-state index contributed by atoms with van der Waals surface area (Å²) in [6.45, 7) is 2.35. The van der Waals surface area contributed by atoms with E-state index >= 15 is 0 Å². The van der Waals surface area contributed by atoms with E-state index in [-0.39, 0.29) is 18.4 Å². The quantitative estimate of drug-likeness (QED) is 0.786. The molecule has 2 aromatic heterocycles. The van der Waals surface area contributed by atoms with Gasteiger partial charge in [-0.3, -0.25) is 9.48 Å². The maximum atomic E-state index is 13.1. The Bertz CT molecular complexity index is 718. The molecule has 0 radical (unpaired) electrons. The van der Waals surface area contributed by atoms with Crippen LogP contribution in [-0.2, 0) is 22.6 Å². The van der Waals surface area contributed by atoms with Crippen LogP contribution in [-0.4, -0.2) is 64.4 Å². The Morgan fingerprint density at radius 2 is 2.12 bits per heavy atom. The highest BCUT2D eigenvalue weighted by atomic mass is 19.1. The van der Waals surface area contributed by atoms with Crippen molar-refractivity contribution < 1.29 is 13.9 Å². The lowest BCUT2D eigenvalue weighted by Crippen LogP contribution is -2.33. The van der Waals surface area contributed by atoms with Crippen molar-refractivity contribution in [1.29, 1.82) is 0 Å². The highest BCUT2D eigenvalue weighted by Gasteiger charge is 2.24. The van der Waals surface area contributed by atoms with Gasteiger partial charge in [-0.05, 0) is 6.07 Å². The van der Waals surface area contributed by atoms with Crippen molar-refractivity contribution in [3.8, 4) is 0 Å². The number of fused-ring (bicyclic) bond motifs is 1. The first-order chi connectivity index (χ1) is 12.0. The van der Waals surface area contributed by atoms with Crippen LogP contribution in [0, 0.1) is 11.7 Å². The molecule has 0 saturated carbocycles. The van der Waals surface area contributed by atoms with E-state index in [1.54, 1.807) is 20.3 Å². The van der Waals surface area contributed by atoms with Crippen molar-refractivity contribution in [2.24, 2.45) is 5.92 Å². The molecule has 9 heteroatoms. The van der Waals surface area contributed by atoms with Gasteiger partial charge >= 0.3 is 0 Å². The summed E-state index contributed by atoms with van der Waals surface area (Å²) < 4.78 is 20.6. The Balaban J connectivity index is 1.70. The topological polar surface area (TPSA) is 76.4 Å². The van der Waals surface area contributed by atoms with Crippen molar-refractivity contribution in [2.45, 2.75) is 13.1 Å². The van der Waals surface area contributed by atoms with E-state index in [1.807, 2.05) is 15.6 Å².